The Kier molecular flexibility index (Phi) is 6.03. The monoisotopic (exact) mass is 383 g/mol. The predicted molar refractivity (Wildman–Crippen MR) is 105 cm³/mol. The number of carbonyl (C=O) groups excluding carboxylic acids is 1. The lowest BCUT2D eigenvalue weighted by atomic mass is 10.1. The number of imidazole rings is 1. The van der Waals surface area contributed by atoms with Crippen molar-refractivity contribution in [2.75, 3.05) is 12.9 Å². The summed E-state index contributed by atoms with van der Waals surface area (Å²) in [6.45, 7) is 0.411. The van der Waals surface area contributed by atoms with E-state index in [-0.39, 0.29) is 11.7 Å². The Morgan fingerprint density at radius 1 is 1.15 bits per heavy atom. The quantitative estimate of drug-likeness (QED) is 0.680. The van der Waals surface area contributed by atoms with Crippen LogP contribution in [-0.4, -0.2) is 32.5 Å². The van der Waals surface area contributed by atoms with Gasteiger partial charge in [0.05, 0.1) is 29.8 Å². The lowest BCUT2D eigenvalue weighted by molar-refractivity contribution is -0.118. The van der Waals surface area contributed by atoms with Crippen molar-refractivity contribution in [3.8, 4) is 17.0 Å². The third-order valence-electron chi connectivity index (χ3n) is 4.13. The molecule has 1 amide bonds. The fourth-order valence-electron chi connectivity index (χ4n) is 2.67. The first kappa shape index (κ1) is 18.8. The molecule has 0 radical (unpaired) electrons. The summed E-state index contributed by atoms with van der Waals surface area (Å²) in [5, 5.41) is 3.16. The van der Waals surface area contributed by atoms with Crippen molar-refractivity contribution in [2.45, 2.75) is 11.7 Å². The highest BCUT2D eigenvalue weighted by Gasteiger charge is 2.17. The van der Waals surface area contributed by atoms with E-state index in [4.69, 9.17) is 4.74 Å². The topological polar surface area (TPSA) is 73.2 Å². The van der Waals surface area contributed by atoms with E-state index in [0.29, 0.717) is 11.7 Å². The number of amides is 1. The van der Waals surface area contributed by atoms with Crippen LogP contribution in [0, 0.1) is 0 Å². The van der Waals surface area contributed by atoms with E-state index in [0.717, 1.165) is 22.6 Å². The van der Waals surface area contributed by atoms with Crippen LogP contribution in [0.25, 0.3) is 11.3 Å². The minimum atomic E-state index is -1.53. The molecule has 0 fully saturated rings. The van der Waals surface area contributed by atoms with Gasteiger partial charge in [-0.25, -0.2) is 4.98 Å². The fourth-order valence-corrected chi connectivity index (χ4v) is 3.71. The highest BCUT2D eigenvalue weighted by atomic mass is 32.2. The van der Waals surface area contributed by atoms with Crippen LogP contribution < -0.4 is 10.1 Å². The Labute approximate surface area is 160 Å². The summed E-state index contributed by atoms with van der Waals surface area (Å²) in [4.78, 5) is 16.4. The van der Waals surface area contributed by atoms with Gasteiger partial charge < -0.3 is 14.6 Å². The molecule has 0 aliphatic carbocycles. The Bertz CT molecular complexity index is 937. The van der Waals surface area contributed by atoms with Crippen LogP contribution in [0.15, 0.2) is 66.0 Å². The van der Waals surface area contributed by atoms with E-state index in [1.54, 1.807) is 24.9 Å². The number of benzene rings is 2. The van der Waals surface area contributed by atoms with Crippen LogP contribution in [-0.2, 0) is 29.2 Å². The van der Waals surface area contributed by atoms with Crippen molar-refractivity contribution in [1.82, 2.24) is 14.9 Å². The van der Waals surface area contributed by atoms with Crippen LogP contribution in [0.4, 0.5) is 0 Å². The first-order valence-corrected chi connectivity index (χ1v) is 9.75. The molecular weight excluding hydrogens is 362 g/mol. The minimum Gasteiger partial charge on any atom is -0.497 e. The van der Waals surface area contributed by atoms with E-state index >= 15 is 0 Å². The molecule has 2 aromatic carbocycles. The van der Waals surface area contributed by atoms with Crippen LogP contribution in [0.3, 0.4) is 0 Å². The Morgan fingerprint density at radius 3 is 2.52 bits per heavy atom. The molecule has 0 bridgehead atoms. The number of methoxy groups -OCH3 is 1. The number of ether oxygens (including phenoxy) is 1. The van der Waals surface area contributed by atoms with Crippen molar-refractivity contribution >= 4 is 16.7 Å². The second kappa shape index (κ2) is 8.64. The number of nitrogens with one attached hydrogen (secondary N) is 1. The predicted octanol–water partition coefficient (Wildman–Crippen LogP) is 2.52. The van der Waals surface area contributed by atoms with Crippen LogP contribution >= 0.6 is 0 Å². The maximum absolute atomic E-state index is 12.6. The molecule has 27 heavy (non-hydrogen) atoms. The molecule has 1 unspecified atom stereocenters. The summed E-state index contributed by atoms with van der Waals surface area (Å²) in [6, 6.07) is 17.1. The van der Waals surface area contributed by atoms with Crippen molar-refractivity contribution in [2.24, 2.45) is 7.05 Å². The van der Waals surface area contributed by atoms with Gasteiger partial charge in [-0.1, -0.05) is 30.3 Å². The SMILES string of the molecule is COc1ccc(-c2cnc(S(=O)CC(=O)NCc3ccccc3)n2C)cc1. The lowest BCUT2D eigenvalue weighted by Gasteiger charge is -2.08. The van der Waals surface area contributed by atoms with Gasteiger partial charge in [0.2, 0.25) is 5.91 Å². The zero-order valence-electron chi connectivity index (χ0n) is 15.2. The number of hydrogen-bond acceptors (Lipinski definition) is 4. The summed E-state index contributed by atoms with van der Waals surface area (Å²) in [6.07, 6.45) is 1.66. The zero-order valence-corrected chi connectivity index (χ0v) is 16.0. The summed E-state index contributed by atoms with van der Waals surface area (Å²) < 4.78 is 19.5. The first-order chi connectivity index (χ1) is 13.1. The number of aromatic nitrogens is 2. The van der Waals surface area contributed by atoms with Crippen molar-refractivity contribution in [3.63, 3.8) is 0 Å². The van der Waals surface area contributed by atoms with Crippen molar-refractivity contribution < 1.29 is 13.7 Å². The van der Waals surface area contributed by atoms with Crippen LogP contribution in [0.1, 0.15) is 5.56 Å². The molecule has 140 valence electrons. The molecule has 0 aliphatic heterocycles. The van der Waals surface area contributed by atoms with E-state index in [9.17, 15) is 9.00 Å². The molecule has 3 rings (SSSR count). The molecule has 0 saturated carbocycles. The van der Waals surface area contributed by atoms with Crippen molar-refractivity contribution in [3.05, 3.63) is 66.4 Å². The summed E-state index contributed by atoms with van der Waals surface area (Å²) >= 11 is 0. The molecular formula is C20H21N3O3S. The molecule has 0 saturated heterocycles. The lowest BCUT2D eigenvalue weighted by Crippen LogP contribution is -2.28. The second-order valence-corrected chi connectivity index (χ2v) is 7.31. The molecule has 1 aromatic heterocycles. The average molecular weight is 383 g/mol. The third kappa shape index (κ3) is 4.62. The van der Waals surface area contributed by atoms with Gasteiger partial charge in [-0.3, -0.25) is 9.00 Å². The molecule has 3 aromatic rings. The maximum Gasteiger partial charge on any atom is 0.233 e. The first-order valence-electron chi connectivity index (χ1n) is 8.43. The van der Waals surface area contributed by atoms with Crippen LogP contribution in [0.5, 0.6) is 5.75 Å². The van der Waals surface area contributed by atoms with E-state index < -0.39 is 10.8 Å². The van der Waals surface area contributed by atoms with Gasteiger partial charge in [0.25, 0.3) is 0 Å². The highest BCUT2D eigenvalue weighted by molar-refractivity contribution is 7.85. The van der Waals surface area contributed by atoms with Gasteiger partial charge in [-0.15, -0.1) is 0 Å². The average Bonchev–Trinajstić information content (AvgIpc) is 3.09. The number of carbonyl (C=O) groups is 1. The largest absolute Gasteiger partial charge is 0.497 e. The van der Waals surface area contributed by atoms with E-state index in [1.807, 2.05) is 54.6 Å². The van der Waals surface area contributed by atoms with E-state index in [1.165, 1.54) is 0 Å². The summed E-state index contributed by atoms with van der Waals surface area (Å²) in [5.41, 5.74) is 2.75. The Balaban J connectivity index is 1.64. The highest BCUT2D eigenvalue weighted by Crippen LogP contribution is 2.23. The molecule has 1 N–H and O–H groups in total. The summed E-state index contributed by atoms with van der Waals surface area (Å²) in [5.74, 6) is 0.366. The molecule has 7 heteroatoms. The van der Waals surface area contributed by atoms with Gasteiger partial charge in [0.15, 0.2) is 5.16 Å². The minimum absolute atomic E-state index is 0.125. The maximum atomic E-state index is 12.6. The molecule has 6 nitrogen and oxygen atoms in total. The van der Waals surface area contributed by atoms with Gasteiger partial charge in [-0.05, 0) is 29.8 Å². The van der Waals surface area contributed by atoms with Gasteiger partial charge in [0.1, 0.15) is 11.5 Å². The Hall–Kier alpha value is -2.93. The van der Waals surface area contributed by atoms with Crippen LogP contribution in [0.2, 0.25) is 0 Å². The third-order valence-corrected chi connectivity index (χ3v) is 5.44. The normalized spacial score (nSPS) is 11.8. The second-order valence-electron chi connectivity index (χ2n) is 5.97. The standard InChI is InChI=1S/C20H21N3O3S/c1-23-18(16-8-10-17(26-2)11-9-16)13-22-20(23)27(25)14-19(24)21-12-15-6-4-3-5-7-15/h3-11,13H,12,14H2,1-2H3,(H,21,24). The fraction of sp³-hybridized carbons (Fsp3) is 0.200. The molecule has 0 spiro atoms. The number of rotatable bonds is 7. The zero-order chi connectivity index (χ0) is 19.2. The molecule has 1 heterocycles. The van der Waals surface area contributed by atoms with Gasteiger partial charge in [-0.2, -0.15) is 0 Å². The van der Waals surface area contributed by atoms with Gasteiger partial charge in [0, 0.05) is 19.2 Å². The number of nitrogens with zero attached hydrogens (tertiary/aromatic N) is 2. The van der Waals surface area contributed by atoms with E-state index in [2.05, 4.69) is 10.3 Å². The molecule has 1 atom stereocenters. The Morgan fingerprint density at radius 2 is 1.85 bits per heavy atom. The number of hydrogen-bond donors (Lipinski definition) is 1. The smallest absolute Gasteiger partial charge is 0.233 e. The molecule has 0 aliphatic rings. The van der Waals surface area contributed by atoms with Crippen molar-refractivity contribution in [1.29, 1.82) is 0 Å². The van der Waals surface area contributed by atoms with Gasteiger partial charge >= 0.3 is 0 Å². The summed E-state index contributed by atoms with van der Waals surface area (Å²) in [7, 11) is 1.88.